The van der Waals surface area contributed by atoms with Crippen LogP contribution in [-0.2, 0) is 24.3 Å². The van der Waals surface area contributed by atoms with Gasteiger partial charge in [-0.15, -0.1) is 0 Å². The van der Waals surface area contributed by atoms with Crippen molar-refractivity contribution in [2.45, 2.75) is 71.6 Å². The van der Waals surface area contributed by atoms with Crippen LogP contribution in [0.5, 0.6) is 0 Å². The van der Waals surface area contributed by atoms with Crippen LogP contribution < -0.4 is 5.32 Å². The lowest BCUT2D eigenvalue weighted by molar-refractivity contribution is 0.209. The lowest BCUT2D eigenvalue weighted by Crippen LogP contribution is -2.29. The molecule has 0 saturated carbocycles. The van der Waals surface area contributed by atoms with Crippen LogP contribution in [0.1, 0.15) is 62.6 Å². The third kappa shape index (κ3) is 8.59. The Hall–Kier alpha value is -4.08. The van der Waals surface area contributed by atoms with Crippen LogP contribution in [0.25, 0.3) is 16.6 Å². The largest absolute Gasteiger partial charge is 0.488 e. The second-order valence-corrected chi connectivity index (χ2v) is 11.9. The van der Waals surface area contributed by atoms with Gasteiger partial charge in [0.15, 0.2) is 0 Å². The molecule has 2 aromatic heterocycles. The summed E-state index contributed by atoms with van der Waals surface area (Å²) in [7, 11) is 0. The van der Waals surface area contributed by atoms with Crippen molar-refractivity contribution >= 4 is 28.3 Å². The van der Waals surface area contributed by atoms with Gasteiger partial charge in [0.25, 0.3) is 0 Å². The fourth-order valence-electron chi connectivity index (χ4n) is 5.91. The van der Waals surface area contributed by atoms with Crippen LogP contribution in [0.2, 0.25) is 0 Å². The number of halogens is 2. The molecule has 1 saturated heterocycles. The Morgan fingerprint density at radius 2 is 1.89 bits per heavy atom. The van der Waals surface area contributed by atoms with Gasteiger partial charge < -0.3 is 14.6 Å². The summed E-state index contributed by atoms with van der Waals surface area (Å²) in [6.07, 6.45) is 15.5. The first-order valence-corrected chi connectivity index (χ1v) is 16.6. The molecular weight excluding hydrogens is 603 g/mol. The lowest BCUT2D eigenvalue weighted by Gasteiger charge is -2.26. The zero-order valence-electron chi connectivity index (χ0n) is 26.6. The fourth-order valence-corrected chi connectivity index (χ4v) is 6.13. The van der Waals surface area contributed by atoms with Crippen molar-refractivity contribution in [2.75, 3.05) is 25.0 Å². The number of benzene rings is 2. The Morgan fingerprint density at radius 3 is 2.70 bits per heavy atom. The minimum Gasteiger partial charge on any atom is -0.488 e. The van der Waals surface area contributed by atoms with Gasteiger partial charge in [0.05, 0.1) is 17.1 Å². The van der Waals surface area contributed by atoms with Crippen LogP contribution in [0.15, 0.2) is 89.3 Å². The molecule has 4 aromatic rings. The monoisotopic (exact) mass is 644 g/mol. The summed E-state index contributed by atoms with van der Waals surface area (Å²) in [5.41, 5.74) is 4.97. The van der Waals surface area contributed by atoms with Gasteiger partial charge in [0.2, 0.25) is 0 Å². The topological polar surface area (TPSA) is 84.6 Å². The number of hydrogen-bond acceptors (Lipinski definition) is 7. The Morgan fingerprint density at radius 1 is 1.07 bits per heavy atom. The second-order valence-electron chi connectivity index (χ2n) is 11.4. The van der Waals surface area contributed by atoms with E-state index in [1.165, 1.54) is 37.0 Å². The molecule has 1 aliphatic heterocycles. The van der Waals surface area contributed by atoms with Crippen molar-refractivity contribution in [3.63, 3.8) is 0 Å². The highest BCUT2D eigenvalue weighted by molar-refractivity contribution is 6.30. The third-order valence-electron chi connectivity index (χ3n) is 8.26. The first kappa shape index (κ1) is 33.3. The van der Waals surface area contributed by atoms with Crippen molar-refractivity contribution in [3.05, 3.63) is 112 Å². The van der Waals surface area contributed by atoms with Gasteiger partial charge in [-0.05, 0) is 98.3 Å². The standard InChI is InChI=1S/C34H36ClFN6O2.C2H6/c35-31-10-7-28(8-12-33(31)44-22-24-5-4-6-27(36)17-24)40-34-30-18-29(9-11-32(30)37-23-38-34)42-20-25(13-14-39-43)26(21-42)19-41-15-2-1-3-16-41;1-2/h4-6,8-9,11-12,17-18,20-21,23,28H,1-3,7,10,13-16,19,22H2,(H,37,38,40);1-2H3. The van der Waals surface area contributed by atoms with Crippen LogP contribution in [0.3, 0.4) is 0 Å². The number of fused-ring (bicyclic) bond motifs is 1. The summed E-state index contributed by atoms with van der Waals surface area (Å²) in [6.45, 7) is 7.59. The molecule has 0 bridgehead atoms. The molecule has 242 valence electrons. The number of nitrogens with one attached hydrogen (secondary N) is 1. The molecular formula is C36H42ClFN6O2. The van der Waals surface area contributed by atoms with E-state index < -0.39 is 0 Å². The maximum Gasteiger partial charge on any atom is 0.137 e. The third-order valence-corrected chi connectivity index (χ3v) is 8.64. The molecule has 3 heterocycles. The number of rotatable bonds is 11. The zero-order valence-corrected chi connectivity index (χ0v) is 27.3. The molecule has 6 rings (SSSR count). The number of ether oxygens (including phenoxy) is 1. The van der Waals surface area contributed by atoms with Gasteiger partial charge in [-0.3, -0.25) is 4.90 Å². The Balaban J connectivity index is 0.00000204. The minimum atomic E-state index is -0.294. The maximum absolute atomic E-state index is 13.6. The van der Waals surface area contributed by atoms with E-state index in [-0.39, 0.29) is 25.0 Å². The number of piperidine rings is 1. The number of nitroso groups, excluding NO2 is 1. The molecule has 0 spiro atoms. The highest BCUT2D eigenvalue weighted by atomic mass is 35.5. The Kier molecular flexibility index (Phi) is 11.9. The summed E-state index contributed by atoms with van der Waals surface area (Å²) >= 11 is 6.59. The van der Waals surface area contributed by atoms with Gasteiger partial charge in [-0.25, -0.2) is 14.4 Å². The molecule has 1 aliphatic carbocycles. The number of hydrogen-bond donors (Lipinski definition) is 1. The van der Waals surface area contributed by atoms with E-state index in [1.54, 1.807) is 12.4 Å². The first-order valence-electron chi connectivity index (χ1n) is 16.2. The number of nitrogens with zero attached hydrogens (tertiary/aromatic N) is 5. The number of anilines is 1. The van der Waals surface area contributed by atoms with E-state index in [4.69, 9.17) is 16.3 Å². The molecule has 0 amide bonds. The minimum absolute atomic E-state index is 0.0362. The lowest BCUT2D eigenvalue weighted by atomic mass is 10.1. The highest BCUT2D eigenvalue weighted by Gasteiger charge is 2.18. The quantitative estimate of drug-likeness (QED) is 0.164. The smallest absolute Gasteiger partial charge is 0.137 e. The number of allylic oxidation sites excluding steroid dienone is 2. The molecule has 1 fully saturated rings. The van der Waals surface area contributed by atoms with Crippen LogP contribution >= 0.6 is 11.6 Å². The van der Waals surface area contributed by atoms with E-state index in [0.29, 0.717) is 23.6 Å². The normalized spacial score (nSPS) is 16.9. The van der Waals surface area contributed by atoms with E-state index in [2.05, 4.69) is 54.5 Å². The Labute approximate surface area is 275 Å². The first-order chi connectivity index (χ1) is 22.6. The summed E-state index contributed by atoms with van der Waals surface area (Å²) in [4.78, 5) is 22.5. The Bertz CT molecular complexity index is 1680. The summed E-state index contributed by atoms with van der Waals surface area (Å²) < 4.78 is 21.6. The summed E-state index contributed by atoms with van der Waals surface area (Å²) in [5, 5.41) is 8.23. The van der Waals surface area contributed by atoms with Gasteiger partial charge in [0.1, 0.15) is 30.3 Å². The SMILES string of the molecule is CC.O=NCCc1cn(-c2ccc3ncnc(NC4C=CC(OCc5cccc(F)c5)=C(Cl)CC4)c3c2)cc1CN1CCCCC1. The van der Waals surface area contributed by atoms with Crippen molar-refractivity contribution in [2.24, 2.45) is 5.18 Å². The predicted octanol–water partition coefficient (Wildman–Crippen LogP) is 8.68. The van der Waals surface area contributed by atoms with Crippen molar-refractivity contribution in [1.82, 2.24) is 19.4 Å². The molecule has 2 aromatic carbocycles. The van der Waals surface area contributed by atoms with Crippen LogP contribution in [-0.4, -0.2) is 45.1 Å². The van der Waals surface area contributed by atoms with E-state index in [0.717, 1.165) is 59.6 Å². The molecule has 10 heteroatoms. The molecule has 1 N–H and O–H groups in total. The summed E-state index contributed by atoms with van der Waals surface area (Å²) in [5.74, 6) is 1.03. The van der Waals surface area contributed by atoms with E-state index in [9.17, 15) is 9.30 Å². The second kappa shape index (κ2) is 16.5. The van der Waals surface area contributed by atoms with Gasteiger partial charge >= 0.3 is 0 Å². The molecule has 1 atom stereocenters. The van der Waals surface area contributed by atoms with Crippen LogP contribution in [0.4, 0.5) is 10.2 Å². The predicted molar refractivity (Wildman–Crippen MR) is 184 cm³/mol. The highest BCUT2D eigenvalue weighted by Crippen LogP contribution is 2.29. The maximum atomic E-state index is 13.6. The van der Waals surface area contributed by atoms with Crippen molar-refractivity contribution < 1.29 is 9.13 Å². The molecule has 1 unspecified atom stereocenters. The number of likely N-dealkylation sites (tertiary alicyclic amines) is 1. The average Bonchev–Trinajstić information content (AvgIpc) is 3.40. The van der Waals surface area contributed by atoms with Crippen molar-refractivity contribution in [1.29, 1.82) is 0 Å². The van der Waals surface area contributed by atoms with Crippen molar-refractivity contribution in [3.8, 4) is 5.69 Å². The molecule has 0 radical (unpaired) electrons. The molecule has 46 heavy (non-hydrogen) atoms. The van der Waals surface area contributed by atoms with Crippen LogP contribution in [0, 0.1) is 10.7 Å². The van der Waals surface area contributed by atoms with Gasteiger partial charge in [0, 0.05) is 36.1 Å². The van der Waals surface area contributed by atoms with Gasteiger partial charge in [-0.1, -0.05) is 55.3 Å². The molecule has 8 nitrogen and oxygen atoms in total. The van der Waals surface area contributed by atoms with E-state index >= 15 is 0 Å². The van der Waals surface area contributed by atoms with E-state index in [1.807, 2.05) is 38.1 Å². The number of aromatic nitrogens is 3. The fraction of sp³-hybridized carbons (Fsp3) is 0.389. The van der Waals surface area contributed by atoms with Gasteiger partial charge in [-0.2, -0.15) is 4.91 Å². The average molecular weight is 645 g/mol. The molecule has 2 aliphatic rings. The summed E-state index contributed by atoms with van der Waals surface area (Å²) in [6, 6.07) is 12.5. The zero-order chi connectivity index (χ0) is 32.3.